The number of esters is 1. The van der Waals surface area contributed by atoms with Crippen LogP contribution in [0.4, 0.5) is 0 Å². The number of nitrogens with zero attached hydrogens (tertiary/aromatic N) is 3. The van der Waals surface area contributed by atoms with Crippen LogP contribution < -0.4 is 4.74 Å². The van der Waals surface area contributed by atoms with E-state index in [-0.39, 0.29) is 11.2 Å². The molecule has 0 N–H and O–H groups in total. The van der Waals surface area contributed by atoms with Crippen LogP contribution in [0.3, 0.4) is 0 Å². The van der Waals surface area contributed by atoms with Crippen LogP contribution in [0.5, 0.6) is 5.75 Å². The first-order valence-electron chi connectivity index (χ1n) is 9.56. The average molecular weight is 390 g/mol. The second kappa shape index (κ2) is 9.26. The smallest absolute Gasteiger partial charge is 0.319 e. The Morgan fingerprint density at radius 3 is 2.56 bits per heavy atom. The van der Waals surface area contributed by atoms with Gasteiger partial charge in [0.1, 0.15) is 11.0 Å². The lowest BCUT2D eigenvalue weighted by molar-refractivity contribution is -0.142. The van der Waals surface area contributed by atoms with Gasteiger partial charge in [-0.2, -0.15) is 0 Å². The number of thioether (sulfide) groups is 1. The van der Waals surface area contributed by atoms with E-state index in [1.807, 2.05) is 38.1 Å². The minimum Gasteiger partial charge on any atom is -0.497 e. The number of hydrogen-bond acceptors (Lipinski definition) is 6. The van der Waals surface area contributed by atoms with Crippen LogP contribution in [0.2, 0.25) is 0 Å². The van der Waals surface area contributed by atoms with Crippen molar-refractivity contribution < 1.29 is 14.3 Å². The van der Waals surface area contributed by atoms with Gasteiger partial charge in [-0.25, -0.2) is 0 Å². The summed E-state index contributed by atoms with van der Waals surface area (Å²) in [7, 11) is 1.66. The van der Waals surface area contributed by atoms with Crippen molar-refractivity contribution in [1.82, 2.24) is 14.8 Å². The van der Waals surface area contributed by atoms with Crippen LogP contribution in [-0.4, -0.2) is 39.7 Å². The topological polar surface area (TPSA) is 66.2 Å². The number of aromatic nitrogens is 3. The molecule has 146 valence electrons. The number of carbonyl (C=O) groups is 1. The first-order chi connectivity index (χ1) is 13.1. The largest absolute Gasteiger partial charge is 0.497 e. The maximum absolute atomic E-state index is 12.1. The molecule has 2 aromatic rings. The van der Waals surface area contributed by atoms with Crippen LogP contribution >= 0.6 is 11.8 Å². The normalized spacial score (nSPS) is 16.1. The van der Waals surface area contributed by atoms with Gasteiger partial charge in [0.2, 0.25) is 0 Å². The molecule has 1 aliphatic carbocycles. The Morgan fingerprint density at radius 2 is 1.93 bits per heavy atom. The van der Waals surface area contributed by atoms with Gasteiger partial charge in [-0.3, -0.25) is 9.36 Å². The lowest BCUT2D eigenvalue weighted by atomic mass is 9.95. The lowest BCUT2D eigenvalue weighted by Gasteiger charge is -2.26. The summed E-state index contributed by atoms with van der Waals surface area (Å²) in [5, 5.41) is 9.37. The van der Waals surface area contributed by atoms with E-state index < -0.39 is 0 Å². The zero-order valence-corrected chi connectivity index (χ0v) is 17.0. The third-order valence-corrected chi connectivity index (χ3v) is 5.89. The molecule has 1 atom stereocenters. The SMILES string of the molecule is CCOC(=O)[C@H](C)Sc1nnc(-c2ccc(OC)cc2)n1C1CCCCC1. The molecule has 0 saturated heterocycles. The van der Waals surface area contributed by atoms with Gasteiger partial charge >= 0.3 is 5.97 Å². The Hall–Kier alpha value is -2.02. The van der Waals surface area contributed by atoms with E-state index >= 15 is 0 Å². The summed E-state index contributed by atoms with van der Waals surface area (Å²) >= 11 is 1.43. The molecule has 1 aromatic carbocycles. The number of benzene rings is 1. The van der Waals surface area contributed by atoms with Crippen LogP contribution in [-0.2, 0) is 9.53 Å². The molecule has 0 bridgehead atoms. The quantitative estimate of drug-likeness (QED) is 0.513. The van der Waals surface area contributed by atoms with E-state index in [0.717, 1.165) is 35.1 Å². The third-order valence-electron chi connectivity index (χ3n) is 4.85. The fraction of sp³-hybridized carbons (Fsp3) is 0.550. The van der Waals surface area contributed by atoms with E-state index in [0.29, 0.717) is 12.6 Å². The Labute approximate surface area is 164 Å². The summed E-state index contributed by atoms with van der Waals surface area (Å²) in [5.41, 5.74) is 1.00. The molecular weight excluding hydrogens is 362 g/mol. The third kappa shape index (κ3) is 4.64. The van der Waals surface area contributed by atoms with Gasteiger partial charge in [-0.15, -0.1) is 10.2 Å². The van der Waals surface area contributed by atoms with Gasteiger partial charge in [-0.1, -0.05) is 31.0 Å². The summed E-state index contributed by atoms with van der Waals surface area (Å²) < 4.78 is 12.6. The van der Waals surface area contributed by atoms with Crippen LogP contribution in [0.15, 0.2) is 29.4 Å². The maximum atomic E-state index is 12.1. The van der Waals surface area contributed by atoms with E-state index in [2.05, 4.69) is 14.8 Å². The predicted molar refractivity (Wildman–Crippen MR) is 106 cm³/mol. The second-order valence-electron chi connectivity index (χ2n) is 6.71. The average Bonchev–Trinajstić information content (AvgIpc) is 3.12. The minimum absolute atomic E-state index is 0.216. The Bertz CT molecular complexity index is 754. The monoisotopic (exact) mass is 389 g/mol. The summed E-state index contributed by atoms with van der Waals surface area (Å²) in [6, 6.07) is 8.24. The molecule has 0 unspecified atom stereocenters. The zero-order chi connectivity index (χ0) is 19.2. The van der Waals surface area contributed by atoms with Gasteiger partial charge in [0, 0.05) is 11.6 Å². The van der Waals surface area contributed by atoms with Gasteiger partial charge in [0.15, 0.2) is 11.0 Å². The van der Waals surface area contributed by atoms with Gasteiger partial charge in [-0.05, 0) is 51.0 Å². The molecule has 0 spiro atoms. The Balaban J connectivity index is 1.93. The number of methoxy groups -OCH3 is 1. The molecule has 6 nitrogen and oxygen atoms in total. The summed E-state index contributed by atoms with van der Waals surface area (Å²) in [5.74, 6) is 1.45. The zero-order valence-electron chi connectivity index (χ0n) is 16.2. The fourth-order valence-corrected chi connectivity index (χ4v) is 4.35. The summed E-state index contributed by atoms with van der Waals surface area (Å²) in [6.45, 7) is 4.06. The maximum Gasteiger partial charge on any atom is 0.319 e. The molecule has 1 aromatic heterocycles. The molecule has 0 radical (unpaired) electrons. The first kappa shape index (κ1) is 19.7. The summed E-state index contributed by atoms with van der Waals surface area (Å²) in [4.78, 5) is 12.1. The van der Waals surface area contributed by atoms with Crippen molar-refractivity contribution in [3.63, 3.8) is 0 Å². The number of hydrogen-bond donors (Lipinski definition) is 0. The van der Waals surface area contributed by atoms with Crippen molar-refractivity contribution in [1.29, 1.82) is 0 Å². The molecule has 1 fully saturated rings. The van der Waals surface area contributed by atoms with E-state index in [1.165, 1.54) is 31.0 Å². The van der Waals surface area contributed by atoms with Crippen LogP contribution in [0.25, 0.3) is 11.4 Å². The molecule has 1 aliphatic rings. The van der Waals surface area contributed by atoms with Gasteiger partial charge in [0.25, 0.3) is 0 Å². The van der Waals surface area contributed by atoms with E-state index in [9.17, 15) is 4.79 Å². The highest BCUT2D eigenvalue weighted by atomic mass is 32.2. The van der Waals surface area contributed by atoms with Crippen molar-refractivity contribution in [3.05, 3.63) is 24.3 Å². The summed E-state index contributed by atoms with van der Waals surface area (Å²) in [6.07, 6.45) is 5.92. The molecule has 0 aliphatic heterocycles. The fourth-order valence-electron chi connectivity index (χ4n) is 3.43. The predicted octanol–water partition coefficient (Wildman–Crippen LogP) is 4.50. The highest BCUT2D eigenvalue weighted by Gasteiger charge is 2.26. The molecule has 3 rings (SSSR count). The number of carbonyl (C=O) groups excluding carboxylic acids is 1. The van der Waals surface area contributed by atoms with Crippen molar-refractivity contribution in [3.8, 4) is 17.1 Å². The standard InChI is InChI=1S/C20H27N3O3S/c1-4-26-19(24)14(2)27-20-22-21-18(15-10-12-17(25-3)13-11-15)23(20)16-8-6-5-7-9-16/h10-14,16H,4-9H2,1-3H3/t14-/m0/s1. The highest BCUT2D eigenvalue weighted by Crippen LogP contribution is 2.37. The first-order valence-corrected chi connectivity index (χ1v) is 10.4. The van der Waals surface area contributed by atoms with Gasteiger partial charge in [0.05, 0.1) is 13.7 Å². The number of ether oxygens (including phenoxy) is 2. The van der Waals surface area contributed by atoms with Crippen molar-refractivity contribution in [2.45, 2.75) is 62.4 Å². The molecule has 0 amide bonds. The molecule has 1 saturated carbocycles. The van der Waals surface area contributed by atoms with Crippen LogP contribution in [0.1, 0.15) is 52.0 Å². The second-order valence-corrected chi connectivity index (χ2v) is 8.02. The van der Waals surface area contributed by atoms with Crippen LogP contribution in [0, 0.1) is 0 Å². The lowest BCUT2D eigenvalue weighted by Crippen LogP contribution is -2.19. The molecular formula is C20H27N3O3S. The van der Waals surface area contributed by atoms with Crippen molar-refractivity contribution in [2.24, 2.45) is 0 Å². The highest BCUT2D eigenvalue weighted by molar-refractivity contribution is 8.00. The van der Waals surface area contributed by atoms with Crippen molar-refractivity contribution >= 4 is 17.7 Å². The van der Waals surface area contributed by atoms with E-state index in [4.69, 9.17) is 9.47 Å². The minimum atomic E-state index is -0.319. The van der Waals surface area contributed by atoms with Crippen molar-refractivity contribution in [2.75, 3.05) is 13.7 Å². The molecule has 27 heavy (non-hydrogen) atoms. The Morgan fingerprint density at radius 1 is 1.22 bits per heavy atom. The van der Waals surface area contributed by atoms with Gasteiger partial charge < -0.3 is 9.47 Å². The number of rotatable bonds is 7. The molecule has 1 heterocycles. The van der Waals surface area contributed by atoms with E-state index in [1.54, 1.807) is 7.11 Å². The Kier molecular flexibility index (Phi) is 6.77. The molecule has 7 heteroatoms.